The second kappa shape index (κ2) is 7.83. The highest BCUT2D eigenvalue weighted by Crippen LogP contribution is 2.30. The third kappa shape index (κ3) is 3.84. The van der Waals surface area contributed by atoms with Crippen molar-refractivity contribution in [3.8, 4) is 0 Å². The zero-order valence-corrected chi connectivity index (χ0v) is 17.8. The average Bonchev–Trinajstić information content (AvgIpc) is 3.09. The van der Waals surface area contributed by atoms with Gasteiger partial charge in [0.05, 0.1) is 16.4 Å². The molecule has 5 rings (SSSR count). The normalized spacial score (nSPS) is 15.4. The molecular weight excluding hydrogens is 418 g/mol. The van der Waals surface area contributed by atoms with Gasteiger partial charge in [-0.15, -0.1) is 11.3 Å². The van der Waals surface area contributed by atoms with Crippen LogP contribution in [0, 0.1) is 0 Å². The lowest BCUT2D eigenvalue weighted by Gasteiger charge is -2.34. The third-order valence-electron chi connectivity index (χ3n) is 5.46. The molecule has 1 amide bonds. The van der Waals surface area contributed by atoms with Crippen LogP contribution < -0.4 is 5.73 Å². The number of thiophene rings is 1. The zero-order valence-electron chi connectivity index (χ0n) is 16.2. The van der Waals surface area contributed by atoms with Crippen LogP contribution in [-0.4, -0.2) is 45.3 Å². The second-order valence-corrected chi connectivity index (χ2v) is 9.27. The number of anilines is 1. The Labute approximate surface area is 182 Å². The van der Waals surface area contributed by atoms with Crippen molar-refractivity contribution in [1.29, 1.82) is 0 Å². The molecule has 2 aromatic heterocycles. The van der Waals surface area contributed by atoms with Crippen molar-refractivity contribution >= 4 is 55.7 Å². The van der Waals surface area contributed by atoms with E-state index >= 15 is 0 Å². The highest BCUT2D eigenvalue weighted by molar-refractivity contribution is 7.22. The van der Waals surface area contributed by atoms with E-state index in [2.05, 4.69) is 33.1 Å². The maximum Gasteiger partial charge on any atom is 0.237 e. The summed E-state index contributed by atoms with van der Waals surface area (Å²) in [5.74, 6) is 0.613. The number of rotatable bonds is 4. The fourth-order valence-electron chi connectivity index (χ4n) is 3.92. The van der Waals surface area contributed by atoms with Gasteiger partial charge >= 0.3 is 0 Å². The summed E-state index contributed by atoms with van der Waals surface area (Å²) in [4.78, 5) is 25.2. The van der Waals surface area contributed by atoms with E-state index in [1.807, 2.05) is 29.2 Å². The molecule has 0 atom stereocenters. The number of aromatic nitrogens is 2. The van der Waals surface area contributed by atoms with Crippen LogP contribution >= 0.6 is 22.9 Å². The smallest absolute Gasteiger partial charge is 0.237 e. The number of piperazine rings is 1. The Balaban J connectivity index is 1.24. The first kappa shape index (κ1) is 19.2. The van der Waals surface area contributed by atoms with Gasteiger partial charge in [-0.25, -0.2) is 9.97 Å². The van der Waals surface area contributed by atoms with Crippen LogP contribution in [0.3, 0.4) is 0 Å². The van der Waals surface area contributed by atoms with Crippen molar-refractivity contribution in [2.45, 2.75) is 13.1 Å². The van der Waals surface area contributed by atoms with Crippen LogP contribution in [0.1, 0.15) is 11.1 Å². The quantitative estimate of drug-likeness (QED) is 0.523. The molecule has 2 aromatic carbocycles. The van der Waals surface area contributed by atoms with Crippen molar-refractivity contribution in [1.82, 2.24) is 19.8 Å². The molecule has 1 aliphatic heterocycles. The van der Waals surface area contributed by atoms with Crippen LogP contribution in [0.15, 0.2) is 48.8 Å². The van der Waals surface area contributed by atoms with Crippen LogP contribution in [0.4, 0.5) is 5.82 Å². The Hall–Kier alpha value is -2.74. The molecule has 0 spiro atoms. The maximum absolute atomic E-state index is 12.8. The molecule has 0 unspecified atom stereocenters. The molecule has 30 heavy (non-hydrogen) atoms. The molecule has 6 nitrogen and oxygen atoms in total. The van der Waals surface area contributed by atoms with Crippen LogP contribution in [0.2, 0.25) is 4.34 Å². The Morgan fingerprint density at radius 2 is 1.87 bits per heavy atom. The Morgan fingerprint density at radius 1 is 1.03 bits per heavy atom. The summed E-state index contributed by atoms with van der Waals surface area (Å²) in [5, 5.41) is 1.99. The zero-order chi connectivity index (χ0) is 20.7. The standard InChI is InChI=1S/C22H20ClN5OS/c23-20-9-16-7-14(2-4-19(16)30-20)10-27-5-6-28(21(29)12-27)11-15-1-3-17-18(8-15)25-13-26-22(17)24/h1-4,7-9,13H,5-6,10-12H2,(H2,24,25,26). The summed E-state index contributed by atoms with van der Waals surface area (Å²) in [6.45, 7) is 3.30. The fourth-order valence-corrected chi connectivity index (χ4v) is 5.05. The lowest BCUT2D eigenvalue weighted by Crippen LogP contribution is -2.49. The SMILES string of the molecule is Nc1ncnc2cc(CN3CCN(Cc4ccc5sc(Cl)cc5c4)CC3=O)ccc12. The second-order valence-electron chi connectivity index (χ2n) is 7.56. The predicted molar refractivity (Wildman–Crippen MR) is 121 cm³/mol. The van der Waals surface area contributed by atoms with Crippen molar-refractivity contribution < 1.29 is 4.79 Å². The molecule has 1 saturated heterocycles. The van der Waals surface area contributed by atoms with Crippen LogP contribution in [0.5, 0.6) is 0 Å². The van der Waals surface area contributed by atoms with Gasteiger partial charge in [0.2, 0.25) is 5.91 Å². The van der Waals surface area contributed by atoms with Gasteiger partial charge in [0.1, 0.15) is 12.1 Å². The summed E-state index contributed by atoms with van der Waals surface area (Å²) in [5.41, 5.74) is 8.94. The number of carbonyl (C=O) groups is 1. The van der Waals surface area contributed by atoms with Gasteiger partial charge in [0.15, 0.2) is 0 Å². The van der Waals surface area contributed by atoms with E-state index in [1.54, 1.807) is 11.3 Å². The minimum Gasteiger partial charge on any atom is -0.383 e. The first-order chi connectivity index (χ1) is 14.5. The van der Waals surface area contributed by atoms with E-state index in [9.17, 15) is 4.79 Å². The van der Waals surface area contributed by atoms with Gasteiger partial charge in [0.25, 0.3) is 0 Å². The molecule has 8 heteroatoms. The topological polar surface area (TPSA) is 75.3 Å². The van der Waals surface area contributed by atoms with E-state index in [-0.39, 0.29) is 5.91 Å². The number of hydrogen-bond donors (Lipinski definition) is 1. The Kier molecular flexibility index (Phi) is 5.02. The number of amides is 1. The Morgan fingerprint density at radius 3 is 2.73 bits per heavy atom. The minimum absolute atomic E-state index is 0.142. The summed E-state index contributed by atoms with van der Waals surface area (Å²) in [6.07, 6.45) is 1.47. The number of carbonyl (C=O) groups excluding carboxylic acids is 1. The minimum atomic E-state index is 0.142. The molecular formula is C22H20ClN5OS. The molecule has 1 aliphatic rings. The average molecular weight is 438 g/mol. The van der Waals surface area contributed by atoms with Gasteiger partial charge in [-0.05, 0) is 46.8 Å². The largest absolute Gasteiger partial charge is 0.383 e. The van der Waals surface area contributed by atoms with Gasteiger partial charge in [-0.2, -0.15) is 0 Å². The number of hydrogen-bond acceptors (Lipinski definition) is 6. The monoisotopic (exact) mass is 437 g/mol. The summed E-state index contributed by atoms with van der Waals surface area (Å²) < 4.78 is 1.99. The Bertz CT molecular complexity index is 1260. The number of fused-ring (bicyclic) bond motifs is 2. The summed E-state index contributed by atoms with van der Waals surface area (Å²) in [6, 6.07) is 14.3. The molecule has 152 valence electrons. The molecule has 0 radical (unpaired) electrons. The molecule has 0 aliphatic carbocycles. The number of nitrogen functional groups attached to an aromatic ring is 1. The first-order valence-corrected chi connectivity index (χ1v) is 10.9. The molecule has 1 fully saturated rings. The molecule has 4 aromatic rings. The summed E-state index contributed by atoms with van der Waals surface area (Å²) >= 11 is 7.70. The number of nitrogens with two attached hydrogens (primary N) is 1. The lowest BCUT2D eigenvalue weighted by atomic mass is 10.1. The van der Waals surface area contributed by atoms with Gasteiger partial charge in [-0.1, -0.05) is 23.7 Å². The van der Waals surface area contributed by atoms with Crippen molar-refractivity contribution in [3.05, 3.63) is 64.3 Å². The number of halogens is 1. The van der Waals surface area contributed by atoms with Gasteiger partial charge in [0, 0.05) is 36.3 Å². The predicted octanol–water partition coefficient (Wildman–Crippen LogP) is 3.92. The lowest BCUT2D eigenvalue weighted by molar-refractivity contribution is -0.136. The fraction of sp³-hybridized carbons (Fsp3) is 0.227. The number of nitrogens with zero attached hydrogens (tertiary/aromatic N) is 4. The van der Waals surface area contributed by atoms with Gasteiger partial charge in [-0.3, -0.25) is 9.69 Å². The number of benzene rings is 2. The van der Waals surface area contributed by atoms with Crippen LogP contribution in [0.25, 0.3) is 21.0 Å². The molecule has 0 saturated carbocycles. The van der Waals surface area contributed by atoms with E-state index in [4.69, 9.17) is 17.3 Å². The van der Waals surface area contributed by atoms with E-state index < -0.39 is 0 Å². The summed E-state index contributed by atoms with van der Waals surface area (Å²) in [7, 11) is 0. The van der Waals surface area contributed by atoms with Gasteiger partial charge < -0.3 is 10.6 Å². The molecule has 3 heterocycles. The van der Waals surface area contributed by atoms with Crippen LogP contribution in [-0.2, 0) is 17.9 Å². The van der Waals surface area contributed by atoms with Crippen molar-refractivity contribution in [3.63, 3.8) is 0 Å². The van der Waals surface area contributed by atoms with E-state index in [0.717, 1.165) is 39.3 Å². The van der Waals surface area contributed by atoms with E-state index in [1.165, 1.54) is 16.6 Å². The van der Waals surface area contributed by atoms with Crippen molar-refractivity contribution in [2.75, 3.05) is 25.4 Å². The van der Waals surface area contributed by atoms with E-state index in [0.29, 0.717) is 25.5 Å². The third-order valence-corrected chi connectivity index (χ3v) is 6.70. The molecule has 2 N–H and O–H groups in total. The highest BCUT2D eigenvalue weighted by Gasteiger charge is 2.24. The maximum atomic E-state index is 12.8. The van der Waals surface area contributed by atoms with Crippen molar-refractivity contribution in [2.24, 2.45) is 0 Å². The first-order valence-electron chi connectivity index (χ1n) is 9.72. The molecule has 0 bridgehead atoms. The highest BCUT2D eigenvalue weighted by atomic mass is 35.5.